The summed E-state index contributed by atoms with van der Waals surface area (Å²) < 4.78 is 17.0. The number of methoxy groups -OCH3 is 1. The summed E-state index contributed by atoms with van der Waals surface area (Å²) in [5.74, 6) is 2.47. The number of hydrogen-bond donors (Lipinski definition) is 1. The maximum atomic E-state index is 5.41. The monoisotopic (exact) mass is 349 g/mol. The summed E-state index contributed by atoms with van der Waals surface area (Å²) in [5, 5.41) is 3.40. The van der Waals surface area contributed by atoms with E-state index in [2.05, 4.69) is 27.3 Å². The molecule has 0 aromatic heterocycles. The lowest BCUT2D eigenvalue weighted by Gasteiger charge is -2.11. The van der Waals surface area contributed by atoms with Crippen LogP contribution in [0.25, 0.3) is 0 Å². The Labute approximate surface area is 132 Å². The molecule has 0 bridgehead atoms. The number of benzene rings is 2. The molecule has 5 heteroatoms. The number of fused-ring (bicyclic) bond motifs is 1. The molecule has 0 aliphatic carbocycles. The van der Waals surface area contributed by atoms with E-state index in [4.69, 9.17) is 14.2 Å². The standard InChI is InChI=1S/C16H16BrNO3/c1-10-5-12(3-4-14(10)19-2)18-8-11-6-15-16(7-13(11)17)21-9-20-15/h3-7,18H,8-9H2,1-2H3. The average Bonchev–Trinajstić information content (AvgIpc) is 2.92. The van der Waals surface area contributed by atoms with Crippen LogP contribution < -0.4 is 19.5 Å². The van der Waals surface area contributed by atoms with Gasteiger partial charge in [0.1, 0.15) is 5.75 Å². The lowest BCUT2D eigenvalue weighted by atomic mass is 10.1. The zero-order valence-corrected chi connectivity index (χ0v) is 13.5. The van der Waals surface area contributed by atoms with Gasteiger partial charge in [0.15, 0.2) is 11.5 Å². The summed E-state index contributed by atoms with van der Waals surface area (Å²) in [4.78, 5) is 0. The molecule has 3 rings (SSSR count). The van der Waals surface area contributed by atoms with Crippen LogP contribution in [-0.4, -0.2) is 13.9 Å². The molecule has 1 heterocycles. The van der Waals surface area contributed by atoms with Crippen molar-refractivity contribution in [2.75, 3.05) is 19.2 Å². The fourth-order valence-corrected chi connectivity index (χ4v) is 2.74. The van der Waals surface area contributed by atoms with Crippen molar-refractivity contribution in [3.63, 3.8) is 0 Å². The molecule has 0 fully saturated rings. The molecular formula is C16H16BrNO3. The average molecular weight is 350 g/mol. The summed E-state index contributed by atoms with van der Waals surface area (Å²) in [6.07, 6.45) is 0. The highest BCUT2D eigenvalue weighted by atomic mass is 79.9. The van der Waals surface area contributed by atoms with Gasteiger partial charge in [0, 0.05) is 16.7 Å². The minimum atomic E-state index is 0.288. The van der Waals surface area contributed by atoms with Crippen molar-refractivity contribution in [2.45, 2.75) is 13.5 Å². The van der Waals surface area contributed by atoms with Crippen LogP contribution in [0.15, 0.2) is 34.8 Å². The summed E-state index contributed by atoms with van der Waals surface area (Å²) in [7, 11) is 1.68. The lowest BCUT2D eigenvalue weighted by Crippen LogP contribution is -2.01. The van der Waals surface area contributed by atoms with Crippen LogP contribution in [0.3, 0.4) is 0 Å². The molecule has 2 aromatic rings. The van der Waals surface area contributed by atoms with Gasteiger partial charge in [-0.1, -0.05) is 15.9 Å². The Morgan fingerprint density at radius 1 is 1.19 bits per heavy atom. The van der Waals surface area contributed by atoms with Gasteiger partial charge in [-0.3, -0.25) is 0 Å². The van der Waals surface area contributed by atoms with Crippen LogP contribution in [-0.2, 0) is 6.54 Å². The normalized spacial score (nSPS) is 12.3. The summed E-state index contributed by atoms with van der Waals surface area (Å²) in [6, 6.07) is 9.98. The molecule has 1 aliphatic heterocycles. The van der Waals surface area contributed by atoms with E-state index in [-0.39, 0.29) is 6.79 Å². The van der Waals surface area contributed by atoms with Crippen LogP contribution in [0.4, 0.5) is 5.69 Å². The molecule has 0 spiro atoms. The first-order valence-corrected chi connectivity index (χ1v) is 7.43. The summed E-state index contributed by atoms with van der Waals surface area (Å²) >= 11 is 3.57. The van der Waals surface area contributed by atoms with Gasteiger partial charge in [-0.2, -0.15) is 0 Å². The van der Waals surface area contributed by atoms with Crippen LogP contribution in [0.1, 0.15) is 11.1 Å². The highest BCUT2D eigenvalue weighted by Crippen LogP contribution is 2.37. The van der Waals surface area contributed by atoms with Crippen molar-refractivity contribution in [3.8, 4) is 17.2 Å². The predicted molar refractivity (Wildman–Crippen MR) is 85.3 cm³/mol. The van der Waals surface area contributed by atoms with Crippen molar-refractivity contribution in [1.29, 1.82) is 0 Å². The van der Waals surface area contributed by atoms with Crippen molar-refractivity contribution >= 4 is 21.6 Å². The molecule has 2 aromatic carbocycles. The quantitative estimate of drug-likeness (QED) is 0.901. The third-order valence-corrected chi connectivity index (χ3v) is 4.16. The molecule has 4 nitrogen and oxygen atoms in total. The molecule has 0 saturated carbocycles. The maximum absolute atomic E-state index is 5.41. The Hall–Kier alpha value is -1.88. The van der Waals surface area contributed by atoms with Gasteiger partial charge in [0.25, 0.3) is 0 Å². The molecule has 0 unspecified atom stereocenters. The third kappa shape index (κ3) is 2.93. The Morgan fingerprint density at radius 3 is 2.67 bits per heavy atom. The third-order valence-electron chi connectivity index (χ3n) is 3.42. The summed E-state index contributed by atoms with van der Waals surface area (Å²) in [5.41, 5.74) is 3.28. The minimum absolute atomic E-state index is 0.288. The predicted octanol–water partition coefficient (Wildman–Crippen LogP) is 4.11. The number of rotatable bonds is 4. The number of hydrogen-bond acceptors (Lipinski definition) is 4. The molecule has 21 heavy (non-hydrogen) atoms. The molecule has 0 radical (unpaired) electrons. The van der Waals surface area contributed by atoms with Gasteiger partial charge in [-0.05, 0) is 48.4 Å². The van der Waals surface area contributed by atoms with E-state index in [1.807, 2.05) is 31.2 Å². The van der Waals surface area contributed by atoms with Gasteiger partial charge in [0.05, 0.1) is 7.11 Å². The van der Waals surface area contributed by atoms with Crippen LogP contribution in [0.2, 0.25) is 0 Å². The van der Waals surface area contributed by atoms with Crippen LogP contribution >= 0.6 is 15.9 Å². The largest absolute Gasteiger partial charge is 0.496 e. The fourth-order valence-electron chi connectivity index (χ4n) is 2.28. The van der Waals surface area contributed by atoms with Gasteiger partial charge in [-0.25, -0.2) is 0 Å². The van der Waals surface area contributed by atoms with Crippen LogP contribution in [0.5, 0.6) is 17.2 Å². The van der Waals surface area contributed by atoms with E-state index in [0.717, 1.165) is 38.5 Å². The van der Waals surface area contributed by atoms with Crippen molar-refractivity contribution in [1.82, 2.24) is 0 Å². The SMILES string of the molecule is COc1ccc(NCc2cc3c(cc2Br)OCO3)cc1C. The Bertz CT molecular complexity index is 673. The molecular weight excluding hydrogens is 334 g/mol. The zero-order valence-electron chi connectivity index (χ0n) is 11.9. The van der Waals surface area contributed by atoms with Crippen LogP contribution in [0, 0.1) is 6.92 Å². The first kappa shape index (κ1) is 14.1. The second-order valence-corrected chi connectivity index (χ2v) is 5.69. The topological polar surface area (TPSA) is 39.7 Å². The number of anilines is 1. The van der Waals surface area contributed by atoms with Crippen molar-refractivity contribution in [3.05, 3.63) is 45.9 Å². The fraction of sp³-hybridized carbons (Fsp3) is 0.250. The van der Waals surface area contributed by atoms with E-state index >= 15 is 0 Å². The maximum Gasteiger partial charge on any atom is 0.231 e. The first-order chi connectivity index (χ1) is 10.2. The lowest BCUT2D eigenvalue weighted by molar-refractivity contribution is 0.174. The Morgan fingerprint density at radius 2 is 1.95 bits per heavy atom. The molecule has 0 atom stereocenters. The number of halogens is 1. The second kappa shape index (κ2) is 5.85. The summed E-state index contributed by atoms with van der Waals surface area (Å²) in [6.45, 7) is 3.01. The van der Waals surface area contributed by atoms with E-state index in [9.17, 15) is 0 Å². The number of aryl methyl sites for hydroxylation is 1. The molecule has 110 valence electrons. The van der Waals surface area contributed by atoms with Crippen molar-refractivity contribution < 1.29 is 14.2 Å². The second-order valence-electron chi connectivity index (χ2n) is 4.83. The molecule has 0 saturated heterocycles. The van der Waals surface area contributed by atoms with Gasteiger partial charge in [-0.15, -0.1) is 0 Å². The van der Waals surface area contributed by atoms with E-state index < -0.39 is 0 Å². The van der Waals surface area contributed by atoms with E-state index in [0.29, 0.717) is 6.54 Å². The molecule has 0 amide bonds. The van der Waals surface area contributed by atoms with Gasteiger partial charge < -0.3 is 19.5 Å². The van der Waals surface area contributed by atoms with Crippen molar-refractivity contribution in [2.24, 2.45) is 0 Å². The van der Waals surface area contributed by atoms with Gasteiger partial charge in [0.2, 0.25) is 6.79 Å². The Balaban J connectivity index is 1.74. The highest BCUT2D eigenvalue weighted by Gasteiger charge is 2.16. The molecule has 1 aliphatic rings. The first-order valence-electron chi connectivity index (χ1n) is 6.64. The minimum Gasteiger partial charge on any atom is -0.496 e. The van der Waals surface area contributed by atoms with E-state index in [1.165, 1.54) is 0 Å². The zero-order chi connectivity index (χ0) is 14.8. The van der Waals surface area contributed by atoms with E-state index in [1.54, 1.807) is 7.11 Å². The van der Waals surface area contributed by atoms with Gasteiger partial charge >= 0.3 is 0 Å². The highest BCUT2D eigenvalue weighted by molar-refractivity contribution is 9.10. The smallest absolute Gasteiger partial charge is 0.231 e. The number of nitrogens with one attached hydrogen (secondary N) is 1. The number of ether oxygens (including phenoxy) is 3. The molecule has 1 N–H and O–H groups in total. The Kier molecular flexibility index (Phi) is 3.92.